The van der Waals surface area contributed by atoms with Gasteiger partial charge in [-0.3, -0.25) is 4.79 Å². The van der Waals surface area contributed by atoms with E-state index in [0.717, 1.165) is 4.31 Å². The minimum absolute atomic E-state index is 0.0107. The summed E-state index contributed by atoms with van der Waals surface area (Å²) < 4.78 is 24.6. The van der Waals surface area contributed by atoms with Crippen LogP contribution < -0.4 is 5.32 Å². The molecule has 88 valence electrons. The summed E-state index contributed by atoms with van der Waals surface area (Å²) in [5.74, 6) is -1.08. The summed E-state index contributed by atoms with van der Waals surface area (Å²) in [6.07, 6.45) is 0.499. The Morgan fingerprint density at radius 1 is 1.60 bits per heavy atom. The minimum atomic E-state index is -3.42. The van der Waals surface area contributed by atoms with Crippen LogP contribution in [0.3, 0.4) is 0 Å². The van der Waals surface area contributed by atoms with Gasteiger partial charge in [0.2, 0.25) is 10.0 Å². The van der Waals surface area contributed by atoms with Crippen molar-refractivity contribution in [2.45, 2.75) is 19.4 Å². The van der Waals surface area contributed by atoms with E-state index in [2.05, 4.69) is 5.32 Å². The fourth-order valence-electron chi connectivity index (χ4n) is 1.60. The van der Waals surface area contributed by atoms with Crippen molar-refractivity contribution >= 4 is 16.0 Å². The highest BCUT2D eigenvalue weighted by Crippen LogP contribution is 2.11. The number of hydrogen-bond donors (Lipinski definition) is 2. The summed E-state index contributed by atoms with van der Waals surface area (Å²) in [7, 11) is -3.42. The first-order chi connectivity index (χ1) is 6.99. The van der Waals surface area contributed by atoms with Crippen LogP contribution in [0.2, 0.25) is 0 Å². The van der Waals surface area contributed by atoms with E-state index in [1.54, 1.807) is 6.92 Å². The van der Waals surface area contributed by atoms with Gasteiger partial charge in [0.05, 0.1) is 5.75 Å². The first-order valence-corrected chi connectivity index (χ1v) is 6.53. The van der Waals surface area contributed by atoms with Crippen molar-refractivity contribution in [2.75, 3.05) is 25.4 Å². The zero-order chi connectivity index (χ0) is 11.5. The lowest BCUT2D eigenvalue weighted by atomic mass is 10.2. The molecule has 0 amide bonds. The van der Waals surface area contributed by atoms with Gasteiger partial charge in [0.15, 0.2) is 0 Å². The van der Waals surface area contributed by atoms with Crippen molar-refractivity contribution in [3.8, 4) is 0 Å². The van der Waals surface area contributed by atoms with Crippen LogP contribution in [0.1, 0.15) is 13.3 Å². The zero-order valence-electron chi connectivity index (χ0n) is 8.64. The number of rotatable bonds is 4. The molecule has 0 aliphatic carbocycles. The summed E-state index contributed by atoms with van der Waals surface area (Å²) >= 11 is 0. The van der Waals surface area contributed by atoms with Crippen LogP contribution in [0, 0.1) is 0 Å². The molecule has 1 aliphatic rings. The Balaban J connectivity index is 2.85. The Hall–Kier alpha value is -0.660. The number of nitrogens with one attached hydrogen (secondary N) is 1. The Labute approximate surface area is 89.3 Å². The van der Waals surface area contributed by atoms with Gasteiger partial charge >= 0.3 is 5.97 Å². The molecule has 1 unspecified atom stereocenters. The molecule has 6 nitrogen and oxygen atoms in total. The van der Waals surface area contributed by atoms with E-state index in [9.17, 15) is 13.2 Å². The van der Waals surface area contributed by atoms with Gasteiger partial charge in [-0.2, -0.15) is 4.31 Å². The average Bonchev–Trinajstić information content (AvgIpc) is 2.17. The van der Waals surface area contributed by atoms with E-state index < -0.39 is 22.0 Å². The SMILES string of the molecule is CCCS(=O)(=O)N1CCNCC1C(=O)O. The van der Waals surface area contributed by atoms with E-state index in [1.807, 2.05) is 0 Å². The number of carbonyl (C=O) groups is 1. The minimum Gasteiger partial charge on any atom is -0.480 e. The maximum atomic E-state index is 11.7. The Kier molecular flexibility index (Phi) is 4.06. The number of nitrogens with zero attached hydrogens (tertiary/aromatic N) is 1. The average molecular weight is 236 g/mol. The predicted molar refractivity (Wildman–Crippen MR) is 55.1 cm³/mol. The van der Waals surface area contributed by atoms with Gasteiger partial charge in [0, 0.05) is 19.6 Å². The smallest absolute Gasteiger partial charge is 0.323 e. The highest BCUT2D eigenvalue weighted by Gasteiger charge is 2.35. The van der Waals surface area contributed by atoms with Crippen molar-refractivity contribution in [1.29, 1.82) is 0 Å². The normalized spacial score (nSPS) is 23.9. The summed E-state index contributed by atoms with van der Waals surface area (Å²) in [6.45, 7) is 2.68. The molecule has 0 saturated carbocycles. The number of aliphatic carboxylic acids is 1. The molecule has 1 fully saturated rings. The molecular weight excluding hydrogens is 220 g/mol. The van der Waals surface area contributed by atoms with E-state index >= 15 is 0 Å². The number of piperazine rings is 1. The molecule has 0 spiro atoms. The fourth-order valence-corrected chi connectivity index (χ4v) is 3.28. The number of sulfonamides is 1. The standard InChI is InChI=1S/C8H16N2O4S/c1-2-5-15(13,14)10-4-3-9-6-7(10)8(11)12/h7,9H,2-6H2,1H3,(H,11,12). The third-order valence-corrected chi connectivity index (χ3v) is 4.37. The summed E-state index contributed by atoms with van der Waals surface area (Å²) in [5.41, 5.74) is 0. The molecule has 7 heteroatoms. The number of carboxylic acid groups (broad SMARTS) is 1. The quantitative estimate of drug-likeness (QED) is 0.659. The molecule has 0 radical (unpaired) electrons. The molecule has 1 rings (SSSR count). The molecule has 0 aromatic carbocycles. The maximum Gasteiger partial charge on any atom is 0.323 e. The largest absolute Gasteiger partial charge is 0.480 e. The molecule has 1 atom stereocenters. The van der Waals surface area contributed by atoms with Crippen LogP contribution >= 0.6 is 0 Å². The molecule has 15 heavy (non-hydrogen) atoms. The molecule has 0 aromatic heterocycles. The van der Waals surface area contributed by atoms with Gasteiger partial charge < -0.3 is 10.4 Å². The summed E-state index contributed by atoms with van der Waals surface area (Å²) in [6, 6.07) is -0.963. The second-order valence-electron chi connectivity index (χ2n) is 3.48. The Morgan fingerprint density at radius 3 is 2.80 bits per heavy atom. The molecule has 2 N–H and O–H groups in total. The van der Waals surface area contributed by atoms with Gasteiger partial charge in [-0.05, 0) is 6.42 Å². The maximum absolute atomic E-state index is 11.7. The highest BCUT2D eigenvalue weighted by atomic mass is 32.2. The van der Waals surface area contributed by atoms with Crippen molar-refractivity contribution in [2.24, 2.45) is 0 Å². The van der Waals surface area contributed by atoms with Gasteiger partial charge in [-0.15, -0.1) is 0 Å². The first-order valence-electron chi connectivity index (χ1n) is 4.92. The van der Waals surface area contributed by atoms with E-state index in [-0.39, 0.29) is 18.8 Å². The van der Waals surface area contributed by atoms with Crippen LogP contribution in [0.5, 0.6) is 0 Å². The van der Waals surface area contributed by atoms with E-state index in [1.165, 1.54) is 0 Å². The van der Waals surface area contributed by atoms with Crippen molar-refractivity contribution in [3.05, 3.63) is 0 Å². The number of carboxylic acids is 1. The summed E-state index contributed by atoms with van der Waals surface area (Å²) in [4.78, 5) is 10.9. The van der Waals surface area contributed by atoms with Crippen LogP contribution in [0.15, 0.2) is 0 Å². The summed E-state index contributed by atoms with van der Waals surface area (Å²) in [5, 5.41) is 11.8. The second kappa shape index (κ2) is 4.91. The van der Waals surface area contributed by atoms with Crippen molar-refractivity contribution in [3.63, 3.8) is 0 Å². The van der Waals surface area contributed by atoms with Gasteiger partial charge in [0.1, 0.15) is 6.04 Å². The topological polar surface area (TPSA) is 86.7 Å². The fraction of sp³-hybridized carbons (Fsp3) is 0.875. The lowest BCUT2D eigenvalue weighted by Gasteiger charge is -2.32. The molecule has 1 aliphatic heterocycles. The van der Waals surface area contributed by atoms with Gasteiger partial charge in [-0.25, -0.2) is 8.42 Å². The van der Waals surface area contributed by atoms with E-state index in [4.69, 9.17) is 5.11 Å². The first kappa shape index (κ1) is 12.4. The molecule has 0 aromatic rings. The number of hydrogen-bond acceptors (Lipinski definition) is 4. The molecule has 1 heterocycles. The molecular formula is C8H16N2O4S. The van der Waals surface area contributed by atoms with E-state index in [0.29, 0.717) is 13.0 Å². The van der Waals surface area contributed by atoms with Crippen LogP contribution in [-0.4, -0.2) is 55.2 Å². The zero-order valence-corrected chi connectivity index (χ0v) is 9.46. The Morgan fingerprint density at radius 2 is 2.27 bits per heavy atom. The predicted octanol–water partition coefficient (Wildman–Crippen LogP) is -0.915. The Bertz CT molecular complexity index is 328. The third kappa shape index (κ3) is 2.90. The van der Waals surface area contributed by atoms with Gasteiger partial charge in [0.25, 0.3) is 0 Å². The van der Waals surface area contributed by atoms with Gasteiger partial charge in [-0.1, -0.05) is 6.92 Å². The monoisotopic (exact) mass is 236 g/mol. The van der Waals surface area contributed by atoms with Crippen LogP contribution in [-0.2, 0) is 14.8 Å². The highest BCUT2D eigenvalue weighted by molar-refractivity contribution is 7.89. The molecule has 0 bridgehead atoms. The van der Waals surface area contributed by atoms with Crippen LogP contribution in [0.25, 0.3) is 0 Å². The van der Waals surface area contributed by atoms with Crippen LogP contribution in [0.4, 0.5) is 0 Å². The second-order valence-corrected chi connectivity index (χ2v) is 5.53. The lowest BCUT2D eigenvalue weighted by Crippen LogP contribution is -2.57. The lowest BCUT2D eigenvalue weighted by molar-refractivity contribution is -0.141. The van der Waals surface area contributed by atoms with Crippen molar-refractivity contribution < 1.29 is 18.3 Å². The third-order valence-electron chi connectivity index (χ3n) is 2.30. The van der Waals surface area contributed by atoms with Crippen molar-refractivity contribution in [1.82, 2.24) is 9.62 Å². The molecule has 1 saturated heterocycles.